The zero-order valence-electron chi connectivity index (χ0n) is 7.63. The van der Waals surface area contributed by atoms with Crippen LogP contribution in [0.4, 0.5) is 0 Å². The van der Waals surface area contributed by atoms with Gasteiger partial charge in [-0.15, -0.1) is 6.58 Å². The molecule has 0 N–H and O–H groups in total. The van der Waals surface area contributed by atoms with Crippen LogP contribution in [0.1, 0.15) is 38.5 Å². The summed E-state index contributed by atoms with van der Waals surface area (Å²) in [6, 6.07) is 2.22. The molecule has 1 heteroatoms. The van der Waals surface area contributed by atoms with Crippen LogP contribution in [0.5, 0.6) is 0 Å². The lowest BCUT2D eigenvalue weighted by Gasteiger charge is -2.25. The molecule has 0 aromatic heterocycles. The number of nitrogens with zero attached hydrogens (tertiary/aromatic N) is 1. The van der Waals surface area contributed by atoms with E-state index in [1.807, 2.05) is 0 Å². The van der Waals surface area contributed by atoms with Crippen LogP contribution in [-0.2, 0) is 0 Å². The van der Waals surface area contributed by atoms with Crippen molar-refractivity contribution in [1.29, 1.82) is 5.26 Å². The molecule has 1 aliphatic rings. The third-order valence-electron chi connectivity index (χ3n) is 2.89. The summed E-state index contributed by atoms with van der Waals surface area (Å²) in [5, 5.41) is 8.43. The van der Waals surface area contributed by atoms with E-state index in [-0.39, 0.29) is 0 Å². The normalized spacial score (nSPS) is 29.2. The van der Waals surface area contributed by atoms with Gasteiger partial charge in [-0.25, -0.2) is 0 Å². The van der Waals surface area contributed by atoms with Gasteiger partial charge in [0.05, 0.1) is 6.07 Å². The Labute approximate surface area is 75.1 Å². The minimum atomic E-state index is 0.740. The first-order valence-electron chi connectivity index (χ1n) is 4.86. The lowest BCUT2D eigenvalue weighted by atomic mass is 9.80. The monoisotopic (exact) mass is 163 g/mol. The van der Waals surface area contributed by atoms with Gasteiger partial charge in [-0.3, -0.25) is 0 Å². The van der Waals surface area contributed by atoms with Crippen LogP contribution in [0.25, 0.3) is 0 Å². The molecule has 0 aromatic rings. The second-order valence-electron chi connectivity index (χ2n) is 3.71. The second-order valence-corrected chi connectivity index (χ2v) is 3.71. The fourth-order valence-electron chi connectivity index (χ4n) is 1.98. The molecule has 0 radical (unpaired) electrons. The molecule has 0 aliphatic heterocycles. The molecule has 12 heavy (non-hydrogen) atoms. The number of hydrogen-bond acceptors (Lipinski definition) is 1. The Morgan fingerprint density at radius 1 is 1.33 bits per heavy atom. The van der Waals surface area contributed by atoms with Crippen LogP contribution in [0.2, 0.25) is 0 Å². The Balaban J connectivity index is 2.18. The highest BCUT2D eigenvalue weighted by Crippen LogP contribution is 2.31. The van der Waals surface area contributed by atoms with E-state index in [4.69, 9.17) is 5.26 Å². The molecule has 0 atom stereocenters. The average molecular weight is 163 g/mol. The van der Waals surface area contributed by atoms with Crippen LogP contribution in [0.3, 0.4) is 0 Å². The quantitative estimate of drug-likeness (QED) is 0.586. The van der Waals surface area contributed by atoms with E-state index in [2.05, 4.69) is 18.7 Å². The summed E-state index contributed by atoms with van der Waals surface area (Å²) >= 11 is 0. The maximum absolute atomic E-state index is 8.43. The molecule has 0 unspecified atom stereocenters. The molecular weight excluding hydrogens is 146 g/mol. The maximum atomic E-state index is 8.43. The van der Waals surface area contributed by atoms with E-state index in [0.717, 1.165) is 24.7 Å². The van der Waals surface area contributed by atoms with E-state index in [9.17, 15) is 0 Å². The van der Waals surface area contributed by atoms with Crippen molar-refractivity contribution in [3.63, 3.8) is 0 Å². The molecule has 1 rings (SSSR count). The molecule has 66 valence electrons. The van der Waals surface area contributed by atoms with Crippen molar-refractivity contribution < 1.29 is 0 Å². The number of rotatable bonds is 3. The standard InChI is InChI=1S/C11H17N/c1-2-10-5-7-11(8-6-10)4-3-9-12/h2,10-11H,1,3-8H2. The third-order valence-corrected chi connectivity index (χ3v) is 2.89. The van der Waals surface area contributed by atoms with Gasteiger partial charge in [-0.1, -0.05) is 6.08 Å². The Bertz CT molecular complexity index is 170. The van der Waals surface area contributed by atoms with Gasteiger partial charge >= 0.3 is 0 Å². The predicted octanol–water partition coefficient (Wildman–Crippen LogP) is 3.28. The van der Waals surface area contributed by atoms with Crippen molar-refractivity contribution in [1.82, 2.24) is 0 Å². The number of nitriles is 1. The van der Waals surface area contributed by atoms with Gasteiger partial charge in [0.1, 0.15) is 0 Å². The molecule has 1 nitrogen and oxygen atoms in total. The molecule has 0 saturated heterocycles. The smallest absolute Gasteiger partial charge is 0.0621 e. The lowest BCUT2D eigenvalue weighted by molar-refractivity contribution is 0.298. The van der Waals surface area contributed by atoms with Crippen LogP contribution in [0.15, 0.2) is 12.7 Å². The molecule has 0 amide bonds. The highest BCUT2D eigenvalue weighted by molar-refractivity contribution is 4.85. The molecular formula is C11H17N. The van der Waals surface area contributed by atoms with Crippen molar-refractivity contribution in [3.8, 4) is 6.07 Å². The molecule has 1 saturated carbocycles. The molecule has 0 bridgehead atoms. The van der Waals surface area contributed by atoms with Gasteiger partial charge in [0, 0.05) is 6.42 Å². The Kier molecular flexibility index (Phi) is 3.87. The first kappa shape index (κ1) is 9.32. The third kappa shape index (κ3) is 2.70. The minimum absolute atomic E-state index is 0.740. The van der Waals surface area contributed by atoms with Crippen molar-refractivity contribution in [2.24, 2.45) is 11.8 Å². The molecule has 0 spiro atoms. The Morgan fingerprint density at radius 2 is 2.00 bits per heavy atom. The lowest BCUT2D eigenvalue weighted by Crippen LogP contribution is -2.12. The van der Waals surface area contributed by atoms with E-state index < -0.39 is 0 Å². The number of hydrogen-bond donors (Lipinski definition) is 0. The highest BCUT2D eigenvalue weighted by Gasteiger charge is 2.18. The SMILES string of the molecule is C=CC1CCC(CCC#N)CC1. The van der Waals surface area contributed by atoms with E-state index in [0.29, 0.717) is 0 Å². The van der Waals surface area contributed by atoms with Crippen LogP contribution >= 0.6 is 0 Å². The van der Waals surface area contributed by atoms with Gasteiger partial charge in [0.2, 0.25) is 0 Å². The van der Waals surface area contributed by atoms with Gasteiger partial charge in [0.25, 0.3) is 0 Å². The second kappa shape index (κ2) is 4.98. The molecule has 1 fully saturated rings. The first-order chi connectivity index (χ1) is 5.86. The largest absolute Gasteiger partial charge is 0.198 e. The number of allylic oxidation sites excluding steroid dienone is 1. The Hall–Kier alpha value is -0.770. The minimum Gasteiger partial charge on any atom is -0.198 e. The summed E-state index contributed by atoms with van der Waals surface area (Å²) in [6.45, 7) is 3.82. The summed E-state index contributed by atoms with van der Waals surface area (Å²) in [4.78, 5) is 0. The fourth-order valence-corrected chi connectivity index (χ4v) is 1.98. The molecule has 0 heterocycles. The fraction of sp³-hybridized carbons (Fsp3) is 0.727. The first-order valence-corrected chi connectivity index (χ1v) is 4.86. The van der Waals surface area contributed by atoms with Crippen LogP contribution < -0.4 is 0 Å². The Morgan fingerprint density at radius 3 is 2.50 bits per heavy atom. The van der Waals surface area contributed by atoms with E-state index in [1.165, 1.54) is 25.7 Å². The summed E-state index contributed by atoms with van der Waals surface area (Å²) in [7, 11) is 0. The summed E-state index contributed by atoms with van der Waals surface area (Å²) < 4.78 is 0. The van der Waals surface area contributed by atoms with Gasteiger partial charge in [-0.2, -0.15) is 5.26 Å². The average Bonchev–Trinajstić information content (AvgIpc) is 2.15. The summed E-state index contributed by atoms with van der Waals surface area (Å²) in [5.74, 6) is 1.57. The zero-order chi connectivity index (χ0) is 8.81. The van der Waals surface area contributed by atoms with Crippen molar-refractivity contribution in [2.45, 2.75) is 38.5 Å². The van der Waals surface area contributed by atoms with E-state index in [1.54, 1.807) is 0 Å². The van der Waals surface area contributed by atoms with Gasteiger partial charge in [-0.05, 0) is 43.9 Å². The van der Waals surface area contributed by atoms with Crippen molar-refractivity contribution in [2.75, 3.05) is 0 Å². The molecule has 1 aliphatic carbocycles. The molecule has 0 aromatic carbocycles. The topological polar surface area (TPSA) is 23.8 Å². The van der Waals surface area contributed by atoms with Gasteiger partial charge in [0.15, 0.2) is 0 Å². The highest BCUT2D eigenvalue weighted by atomic mass is 14.3. The zero-order valence-corrected chi connectivity index (χ0v) is 7.63. The van der Waals surface area contributed by atoms with Gasteiger partial charge < -0.3 is 0 Å². The van der Waals surface area contributed by atoms with Crippen LogP contribution in [-0.4, -0.2) is 0 Å². The van der Waals surface area contributed by atoms with E-state index >= 15 is 0 Å². The van der Waals surface area contributed by atoms with Crippen molar-refractivity contribution in [3.05, 3.63) is 12.7 Å². The maximum Gasteiger partial charge on any atom is 0.0621 e. The predicted molar refractivity (Wildman–Crippen MR) is 50.5 cm³/mol. The summed E-state index contributed by atoms with van der Waals surface area (Å²) in [5.41, 5.74) is 0. The van der Waals surface area contributed by atoms with Crippen LogP contribution in [0, 0.1) is 23.2 Å². The summed E-state index contributed by atoms with van der Waals surface area (Å²) in [6.07, 6.45) is 9.13. The van der Waals surface area contributed by atoms with Crippen molar-refractivity contribution >= 4 is 0 Å².